The summed E-state index contributed by atoms with van der Waals surface area (Å²) in [5.41, 5.74) is 5.84. The second-order valence-electron chi connectivity index (χ2n) is 5.80. The molecule has 7 heteroatoms. The number of hydrogen-bond donors (Lipinski definition) is 1. The Morgan fingerprint density at radius 2 is 2.04 bits per heavy atom. The highest BCUT2D eigenvalue weighted by Crippen LogP contribution is 2.23. The number of aryl methyl sites for hydroxylation is 3. The van der Waals surface area contributed by atoms with E-state index in [4.69, 9.17) is 0 Å². The molecule has 1 aromatic carbocycles. The smallest absolute Gasteiger partial charge is 0.214 e. The number of carbonyl (C=O) groups excluding carboxylic acids is 1. The SMILES string of the molecule is Cc1cc(C(=O)CSc2nnnn2-c2cccc(C)c2C)c(C)[nH]1. The van der Waals surface area contributed by atoms with Crippen molar-refractivity contribution < 1.29 is 4.79 Å². The average Bonchev–Trinajstić information content (AvgIpc) is 3.13. The molecule has 0 unspecified atom stereocenters. The molecule has 0 bridgehead atoms. The first-order valence-corrected chi connectivity index (χ1v) is 8.63. The Bertz CT molecular complexity index is 896. The molecule has 0 aliphatic heterocycles. The molecule has 2 aromatic heterocycles. The number of tetrazole rings is 1. The van der Waals surface area contributed by atoms with E-state index in [1.807, 2.05) is 39.0 Å². The van der Waals surface area contributed by atoms with E-state index >= 15 is 0 Å². The van der Waals surface area contributed by atoms with Crippen LogP contribution in [0.25, 0.3) is 5.69 Å². The van der Waals surface area contributed by atoms with Gasteiger partial charge in [-0.05, 0) is 61.4 Å². The monoisotopic (exact) mass is 341 g/mol. The molecule has 1 N–H and O–H groups in total. The molecule has 0 saturated carbocycles. The van der Waals surface area contributed by atoms with Crippen molar-refractivity contribution in [3.8, 4) is 5.69 Å². The highest BCUT2D eigenvalue weighted by Gasteiger charge is 2.16. The summed E-state index contributed by atoms with van der Waals surface area (Å²) in [5, 5.41) is 12.5. The fraction of sp³-hybridized carbons (Fsp3) is 0.294. The van der Waals surface area contributed by atoms with Crippen molar-refractivity contribution >= 4 is 17.5 Å². The van der Waals surface area contributed by atoms with Gasteiger partial charge in [0.15, 0.2) is 5.78 Å². The number of ketones is 1. The highest BCUT2D eigenvalue weighted by atomic mass is 32.2. The molecule has 0 saturated heterocycles. The van der Waals surface area contributed by atoms with Gasteiger partial charge in [0.05, 0.1) is 11.4 Å². The van der Waals surface area contributed by atoms with E-state index in [9.17, 15) is 4.79 Å². The van der Waals surface area contributed by atoms with E-state index in [-0.39, 0.29) is 5.78 Å². The summed E-state index contributed by atoms with van der Waals surface area (Å²) in [6.07, 6.45) is 0. The van der Waals surface area contributed by atoms with E-state index in [0.29, 0.717) is 10.9 Å². The summed E-state index contributed by atoms with van der Waals surface area (Å²) in [5.74, 6) is 0.362. The minimum Gasteiger partial charge on any atom is -0.362 e. The lowest BCUT2D eigenvalue weighted by atomic mass is 10.1. The number of nitrogens with one attached hydrogen (secondary N) is 1. The van der Waals surface area contributed by atoms with Gasteiger partial charge in [0.2, 0.25) is 5.16 Å². The van der Waals surface area contributed by atoms with Crippen LogP contribution in [0.15, 0.2) is 29.4 Å². The Morgan fingerprint density at radius 1 is 1.25 bits per heavy atom. The largest absolute Gasteiger partial charge is 0.362 e. The fourth-order valence-electron chi connectivity index (χ4n) is 2.61. The third-order valence-electron chi connectivity index (χ3n) is 4.03. The van der Waals surface area contributed by atoms with Crippen LogP contribution >= 0.6 is 11.8 Å². The van der Waals surface area contributed by atoms with Crippen molar-refractivity contribution in [1.82, 2.24) is 25.2 Å². The second-order valence-corrected chi connectivity index (χ2v) is 6.74. The van der Waals surface area contributed by atoms with Crippen molar-refractivity contribution in [3.63, 3.8) is 0 Å². The molecular formula is C17H19N5OS. The van der Waals surface area contributed by atoms with Crippen LogP contribution < -0.4 is 0 Å². The fourth-order valence-corrected chi connectivity index (χ4v) is 3.37. The van der Waals surface area contributed by atoms with Gasteiger partial charge in [-0.25, -0.2) is 0 Å². The number of benzene rings is 1. The lowest BCUT2D eigenvalue weighted by Crippen LogP contribution is -2.06. The van der Waals surface area contributed by atoms with E-state index < -0.39 is 0 Å². The molecule has 3 rings (SSSR count). The second kappa shape index (κ2) is 6.60. The van der Waals surface area contributed by atoms with E-state index in [2.05, 4.69) is 33.5 Å². The molecular weight excluding hydrogens is 322 g/mol. The van der Waals surface area contributed by atoms with Gasteiger partial charge in [-0.3, -0.25) is 4.79 Å². The Balaban J connectivity index is 1.80. The van der Waals surface area contributed by atoms with Gasteiger partial charge in [0.1, 0.15) is 0 Å². The van der Waals surface area contributed by atoms with Gasteiger partial charge in [-0.1, -0.05) is 23.9 Å². The van der Waals surface area contributed by atoms with E-state index in [1.165, 1.54) is 17.3 Å². The first-order chi connectivity index (χ1) is 11.5. The summed E-state index contributed by atoms with van der Waals surface area (Å²) in [7, 11) is 0. The number of Topliss-reactive ketones (excluding diaryl/α,β-unsaturated/α-hetero) is 1. The van der Waals surface area contributed by atoms with Gasteiger partial charge in [0.25, 0.3) is 0 Å². The van der Waals surface area contributed by atoms with Crippen LogP contribution in [0.4, 0.5) is 0 Å². The van der Waals surface area contributed by atoms with E-state index in [0.717, 1.165) is 28.2 Å². The Labute approximate surface area is 144 Å². The molecule has 3 aromatic rings. The van der Waals surface area contributed by atoms with Crippen LogP contribution in [-0.4, -0.2) is 36.7 Å². The first kappa shape index (κ1) is 16.4. The van der Waals surface area contributed by atoms with Crippen molar-refractivity contribution in [2.45, 2.75) is 32.9 Å². The summed E-state index contributed by atoms with van der Waals surface area (Å²) in [6, 6.07) is 7.89. The van der Waals surface area contributed by atoms with Crippen LogP contribution in [0, 0.1) is 27.7 Å². The third kappa shape index (κ3) is 3.12. The number of thioether (sulfide) groups is 1. The number of carbonyl (C=O) groups is 1. The molecule has 0 aliphatic rings. The topological polar surface area (TPSA) is 76.5 Å². The molecule has 0 amide bonds. The number of rotatable bonds is 5. The zero-order valence-electron chi connectivity index (χ0n) is 14.1. The number of nitrogens with zero attached hydrogens (tertiary/aromatic N) is 4. The third-order valence-corrected chi connectivity index (χ3v) is 4.95. The lowest BCUT2D eigenvalue weighted by Gasteiger charge is -2.09. The summed E-state index contributed by atoms with van der Waals surface area (Å²) >= 11 is 1.35. The van der Waals surface area contributed by atoms with Crippen molar-refractivity contribution in [2.24, 2.45) is 0 Å². The van der Waals surface area contributed by atoms with Crippen LogP contribution in [0.1, 0.15) is 32.9 Å². The number of hydrogen-bond acceptors (Lipinski definition) is 5. The standard InChI is InChI=1S/C17H19N5OS/c1-10-6-5-7-15(12(10)3)22-17(19-20-21-22)24-9-16(23)14-8-11(2)18-13(14)4/h5-8,18H,9H2,1-4H3. The minimum absolute atomic E-state index is 0.0670. The normalized spacial score (nSPS) is 11.0. The molecule has 0 fully saturated rings. The maximum atomic E-state index is 12.4. The molecule has 0 spiro atoms. The molecule has 2 heterocycles. The van der Waals surface area contributed by atoms with Crippen LogP contribution in [0.2, 0.25) is 0 Å². The molecule has 0 aliphatic carbocycles. The minimum atomic E-state index is 0.0670. The molecule has 0 radical (unpaired) electrons. The molecule has 6 nitrogen and oxygen atoms in total. The quantitative estimate of drug-likeness (QED) is 0.570. The van der Waals surface area contributed by atoms with Crippen molar-refractivity contribution in [2.75, 3.05) is 5.75 Å². The number of H-pyrrole nitrogens is 1. The van der Waals surface area contributed by atoms with Gasteiger partial charge in [-0.2, -0.15) is 4.68 Å². The van der Waals surface area contributed by atoms with Crippen molar-refractivity contribution in [1.29, 1.82) is 0 Å². The lowest BCUT2D eigenvalue weighted by molar-refractivity contribution is 0.102. The summed E-state index contributed by atoms with van der Waals surface area (Å²) < 4.78 is 1.69. The summed E-state index contributed by atoms with van der Waals surface area (Å²) in [4.78, 5) is 15.6. The van der Waals surface area contributed by atoms with E-state index in [1.54, 1.807) is 4.68 Å². The van der Waals surface area contributed by atoms with Crippen molar-refractivity contribution in [3.05, 3.63) is 52.3 Å². The summed E-state index contributed by atoms with van der Waals surface area (Å²) in [6.45, 7) is 7.94. The number of aromatic nitrogens is 5. The zero-order chi connectivity index (χ0) is 17.3. The highest BCUT2D eigenvalue weighted by molar-refractivity contribution is 7.99. The van der Waals surface area contributed by atoms with Gasteiger partial charge >= 0.3 is 0 Å². The molecule has 24 heavy (non-hydrogen) atoms. The Morgan fingerprint density at radius 3 is 2.75 bits per heavy atom. The maximum absolute atomic E-state index is 12.4. The van der Waals surface area contributed by atoms with Gasteiger partial charge in [-0.15, -0.1) is 5.10 Å². The average molecular weight is 341 g/mol. The van der Waals surface area contributed by atoms with Crippen LogP contribution in [-0.2, 0) is 0 Å². The Hall–Kier alpha value is -2.41. The predicted octanol–water partition coefficient (Wildman–Crippen LogP) is 3.20. The Kier molecular flexibility index (Phi) is 4.53. The maximum Gasteiger partial charge on any atom is 0.214 e. The van der Waals surface area contributed by atoms with Crippen LogP contribution in [0.5, 0.6) is 0 Å². The molecule has 124 valence electrons. The van der Waals surface area contributed by atoms with Crippen LogP contribution in [0.3, 0.4) is 0 Å². The zero-order valence-corrected chi connectivity index (χ0v) is 14.9. The predicted molar refractivity (Wildman–Crippen MR) is 93.9 cm³/mol. The number of aromatic amines is 1. The first-order valence-electron chi connectivity index (χ1n) is 7.64. The van der Waals surface area contributed by atoms with Gasteiger partial charge < -0.3 is 4.98 Å². The molecule has 0 atom stereocenters. The van der Waals surface area contributed by atoms with Gasteiger partial charge in [0, 0.05) is 17.0 Å².